The van der Waals surface area contributed by atoms with Crippen LogP contribution in [0.4, 0.5) is 18.9 Å². The molecule has 0 aliphatic heterocycles. The molecule has 4 aromatic rings. The van der Waals surface area contributed by atoms with E-state index in [1.807, 2.05) is 0 Å². The van der Waals surface area contributed by atoms with Crippen molar-refractivity contribution in [2.75, 3.05) is 0 Å². The van der Waals surface area contributed by atoms with E-state index in [-0.39, 0.29) is 20.8 Å². The van der Waals surface area contributed by atoms with E-state index in [0.717, 1.165) is 27.0 Å². The number of benzene rings is 2. The van der Waals surface area contributed by atoms with E-state index < -0.39 is 22.7 Å². The summed E-state index contributed by atoms with van der Waals surface area (Å²) < 4.78 is 40.5. The van der Waals surface area contributed by atoms with Crippen LogP contribution in [0.5, 0.6) is 0 Å². The molecule has 0 atom stereocenters. The molecule has 0 radical (unpaired) electrons. The molecule has 1 N–H and O–H groups in total. The molecule has 4 rings (SSSR count). The van der Waals surface area contributed by atoms with Gasteiger partial charge < -0.3 is 0 Å². The Hall–Kier alpha value is -3.42. The van der Waals surface area contributed by atoms with E-state index in [1.54, 1.807) is 36.4 Å². The molecule has 0 fully saturated rings. The van der Waals surface area contributed by atoms with Crippen molar-refractivity contribution in [3.63, 3.8) is 0 Å². The van der Waals surface area contributed by atoms with Gasteiger partial charge in [-0.1, -0.05) is 29.4 Å². The van der Waals surface area contributed by atoms with Crippen molar-refractivity contribution in [3.05, 3.63) is 79.8 Å². The number of aryl methyl sites for hydroxylation is 1. The van der Waals surface area contributed by atoms with Crippen LogP contribution in [0.1, 0.15) is 20.9 Å². The quantitative estimate of drug-likeness (QED) is 0.180. The first-order chi connectivity index (χ1) is 16.5. The zero-order chi connectivity index (χ0) is 25.3. The molecular formula is C21H13ClF3N5O3S2. The molecule has 0 bridgehead atoms. The molecule has 1 amide bonds. The number of nitrogens with zero attached hydrogens (tertiary/aromatic N) is 4. The number of thiophene rings is 1. The third-order valence-electron chi connectivity index (χ3n) is 4.60. The van der Waals surface area contributed by atoms with E-state index in [4.69, 9.17) is 11.6 Å². The molecule has 35 heavy (non-hydrogen) atoms. The minimum atomic E-state index is -4.65. The van der Waals surface area contributed by atoms with Crippen LogP contribution >= 0.6 is 34.7 Å². The Morgan fingerprint density at radius 1 is 1.26 bits per heavy atom. The molecule has 0 saturated carbocycles. The summed E-state index contributed by atoms with van der Waals surface area (Å²) >= 11 is 7.90. The van der Waals surface area contributed by atoms with Crippen LogP contribution in [0.25, 0.3) is 10.2 Å². The highest BCUT2D eigenvalue weighted by atomic mass is 35.5. The number of hydrazone groups is 1. The van der Waals surface area contributed by atoms with Gasteiger partial charge in [0, 0.05) is 34.0 Å². The standard InChI is InChI=1S/C21H13ClF3N5O3S2/c1-29-20-14(18(28-29)21(23,24)25)9-17(35-20)19(31)27-26-10-11-2-7-16(15(8-11)30(32)33)34-13-5-3-12(22)4-6-13/h2-10H,1H3,(H,27,31)/b26-10+. The van der Waals surface area contributed by atoms with E-state index >= 15 is 0 Å². The Kier molecular flexibility index (Phi) is 6.83. The number of hydrogen-bond donors (Lipinski definition) is 1. The second-order valence-corrected chi connectivity index (χ2v) is 9.62. The van der Waals surface area contributed by atoms with Gasteiger partial charge in [-0.05, 0) is 36.4 Å². The lowest BCUT2D eigenvalue weighted by molar-refractivity contribution is -0.387. The van der Waals surface area contributed by atoms with Gasteiger partial charge in [-0.25, -0.2) is 5.43 Å². The average molecular weight is 540 g/mol. The van der Waals surface area contributed by atoms with Gasteiger partial charge in [0.15, 0.2) is 5.69 Å². The van der Waals surface area contributed by atoms with Gasteiger partial charge in [0.05, 0.1) is 20.9 Å². The Bertz CT molecular complexity index is 1470. The summed E-state index contributed by atoms with van der Waals surface area (Å²) in [5.41, 5.74) is 1.34. The van der Waals surface area contributed by atoms with Crippen LogP contribution in [0, 0.1) is 10.1 Å². The number of nitro benzene ring substituents is 1. The molecule has 0 saturated heterocycles. The maximum Gasteiger partial charge on any atom is 0.435 e. The summed E-state index contributed by atoms with van der Waals surface area (Å²) in [5.74, 6) is -0.722. The highest BCUT2D eigenvalue weighted by molar-refractivity contribution is 7.99. The summed E-state index contributed by atoms with van der Waals surface area (Å²) in [4.78, 5) is 24.8. The van der Waals surface area contributed by atoms with Gasteiger partial charge in [0.25, 0.3) is 11.6 Å². The van der Waals surface area contributed by atoms with E-state index in [2.05, 4.69) is 15.6 Å². The number of carbonyl (C=O) groups excluding carboxylic acids is 1. The number of fused-ring (bicyclic) bond motifs is 1. The van der Waals surface area contributed by atoms with Gasteiger partial charge in [-0.3, -0.25) is 19.6 Å². The van der Waals surface area contributed by atoms with Gasteiger partial charge >= 0.3 is 6.18 Å². The normalized spacial score (nSPS) is 11.9. The van der Waals surface area contributed by atoms with Crippen LogP contribution in [0.3, 0.4) is 0 Å². The molecule has 2 aromatic heterocycles. The summed E-state index contributed by atoms with van der Waals surface area (Å²) in [6.07, 6.45) is -3.45. The first kappa shape index (κ1) is 24.7. The predicted octanol–water partition coefficient (Wildman–Crippen LogP) is 6.13. The number of carbonyl (C=O) groups is 1. The van der Waals surface area contributed by atoms with Crippen molar-refractivity contribution in [3.8, 4) is 0 Å². The maximum atomic E-state index is 13.1. The van der Waals surface area contributed by atoms with Crippen LogP contribution in [-0.4, -0.2) is 26.8 Å². The Morgan fingerprint density at radius 2 is 1.97 bits per heavy atom. The zero-order valence-corrected chi connectivity index (χ0v) is 19.9. The number of alkyl halides is 3. The van der Waals surface area contributed by atoms with E-state index in [9.17, 15) is 28.1 Å². The molecule has 8 nitrogen and oxygen atoms in total. The smallest absolute Gasteiger partial charge is 0.266 e. The fourth-order valence-corrected chi connectivity index (χ4v) is 5.04. The fraction of sp³-hybridized carbons (Fsp3) is 0.0952. The maximum absolute atomic E-state index is 13.1. The van der Waals surface area contributed by atoms with Crippen molar-refractivity contribution >= 4 is 62.7 Å². The Balaban J connectivity index is 1.50. The molecule has 180 valence electrons. The first-order valence-electron chi connectivity index (χ1n) is 9.62. The number of halogens is 4. The summed E-state index contributed by atoms with van der Waals surface area (Å²) in [5, 5.41) is 19.2. The van der Waals surface area contributed by atoms with Crippen molar-refractivity contribution in [1.29, 1.82) is 0 Å². The molecule has 0 aliphatic rings. The lowest BCUT2D eigenvalue weighted by atomic mass is 10.2. The minimum absolute atomic E-state index is 0.0105. The largest absolute Gasteiger partial charge is 0.435 e. The second kappa shape index (κ2) is 9.68. The number of nitrogens with one attached hydrogen (secondary N) is 1. The number of hydrogen-bond acceptors (Lipinski definition) is 7. The third-order valence-corrected chi connectivity index (χ3v) is 7.13. The minimum Gasteiger partial charge on any atom is -0.266 e. The van der Waals surface area contributed by atoms with Gasteiger partial charge in [-0.2, -0.15) is 23.4 Å². The van der Waals surface area contributed by atoms with E-state index in [0.29, 0.717) is 15.5 Å². The third kappa shape index (κ3) is 5.47. The molecule has 0 spiro atoms. The molecule has 2 heterocycles. The first-order valence-corrected chi connectivity index (χ1v) is 11.6. The van der Waals surface area contributed by atoms with Gasteiger partial charge in [-0.15, -0.1) is 11.3 Å². The van der Waals surface area contributed by atoms with Crippen molar-refractivity contribution < 1.29 is 22.9 Å². The van der Waals surface area contributed by atoms with Crippen molar-refractivity contribution in [2.24, 2.45) is 12.1 Å². The second-order valence-electron chi connectivity index (χ2n) is 7.04. The van der Waals surface area contributed by atoms with Crippen LogP contribution in [0.2, 0.25) is 5.02 Å². The number of amides is 1. The van der Waals surface area contributed by atoms with E-state index in [1.165, 1.54) is 31.1 Å². The molecular weight excluding hydrogens is 527 g/mol. The summed E-state index contributed by atoms with van der Waals surface area (Å²) in [6, 6.07) is 12.4. The van der Waals surface area contributed by atoms with Crippen LogP contribution < -0.4 is 5.43 Å². The van der Waals surface area contributed by atoms with Crippen LogP contribution in [0.15, 0.2) is 63.4 Å². The number of rotatable bonds is 6. The molecule has 14 heteroatoms. The highest BCUT2D eigenvalue weighted by Gasteiger charge is 2.37. The Morgan fingerprint density at radius 3 is 2.63 bits per heavy atom. The van der Waals surface area contributed by atoms with Crippen molar-refractivity contribution in [1.82, 2.24) is 15.2 Å². The molecule has 2 aromatic carbocycles. The SMILES string of the molecule is Cn1nc(C(F)(F)F)c2cc(C(=O)N/N=C/c3ccc(Sc4ccc(Cl)cc4)c([N+](=O)[O-])c3)sc21. The molecule has 0 unspecified atom stereocenters. The highest BCUT2D eigenvalue weighted by Crippen LogP contribution is 2.38. The summed E-state index contributed by atoms with van der Waals surface area (Å²) in [6.45, 7) is 0. The topological polar surface area (TPSA) is 102 Å². The summed E-state index contributed by atoms with van der Waals surface area (Å²) in [7, 11) is 1.36. The molecule has 0 aliphatic carbocycles. The van der Waals surface area contributed by atoms with Gasteiger partial charge in [0.2, 0.25) is 0 Å². The average Bonchev–Trinajstić information content (AvgIpc) is 3.36. The number of aromatic nitrogens is 2. The number of nitro groups is 1. The van der Waals surface area contributed by atoms with Gasteiger partial charge in [0.1, 0.15) is 4.83 Å². The zero-order valence-electron chi connectivity index (χ0n) is 17.5. The monoisotopic (exact) mass is 539 g/mol. The van der Waals surface area contributed by atoms with Crippen LogP contribution in [-0.2, 0) is 13.2 Å². The predicted molar refractivity (Wildman–Crippen MR) is 127 cm³/mol. The van der Waals surface area contributed by atoms with Crippen molar-refractivity contribution in [2.45, 2.75) is 16.0 Å². The fourth-order valence-electron chi connectivity index (χ4n) is 3.06. The lowest BCUT2D eigenvalue weighted by Gasteiger charge is -2.04. The Labute approximate surface area is 208 Å². The lowest BCUT2D eigenvalue weighted by Crippen LogP contribution is -2.16.